The van der Waals surface area contributed by atoms with Gasteiger partial charge in [-0.25, -0.2) is 9.78 Å². The molecule has 22 heavy (non-hydrogen) atoms. The van der Waals surface area contributed by atoms with Gasteiger partial charge in [0.25, 0.3) is 5.56 Å². The quantitative estimate of drug-likeness (QED) is 0.724. The van der Waals surface area contributed by atoms with E-state index < -0.39 is 28.8 Å². The van der Waals surface area contributed by atoms with Crippen molar-refractivity contribution in [2.24, 2.45) is 0 Å². The van der Waals surface area contributed by atoms with Gasteiger partial charge < -0.3 is 0 Å². The largest absolute Gasteiger partial charge is 0.433 e. The maximum absolute atomic E-state index is 13.0. The number of fused-ring (bicyclic) bond motifs is 1. The maximum atomic E-state index is 13.0. The number of hydrogen-bond donors (Lipinski definition) is 2. The third kappa shape index (κ3) is 2.39. The molecule has 0 aliphatic rings. The first-order chi connectivity index (χ1) is 10.4. The van der Waals surface area contributed by atoms with Crippen LogP contribution in [-0.4, -0.2) is 15.0 Å². The lowest BCUT2D eigenvalue weighted by atomic mass is 10.0. The second-order valence-corrected chi connectivity index (χ2v) is 4.55. The molecule has 0 radical (unpaired) electrons. The Balaban J connectivity index is 2.48. The molecule has 0 fully saturated rings. The number of rotatable bonds is 1. The fourth-order valence-corrected chi connectivity index (χ4v) is 2.16. The molecule has 2 aromatic heterocycles. The van der Waals surface area contributed by atoms with Crippen LogP contribution in [0.5, 0.6) is 0 Å². The van der Waals surface area contributed by atoms with Crippen LogP contribution in [-0.2, 0) is 6.18 Å². The summed E-state index contributed by atoms with van der Waals surface area (Å²) in [5.41, 5.74) is -2.82. The van der Waals surface area contributed by atoms with E-state index >= 15 is 0 Å². The molecule has 8 heteroatoms. The predicted molar refractivity (Wildman–Crippen MR) is 73.4 cm³/mol. The molecule has 0 bridgehead atoms. The average Bonchev–Trinajstić information content (AvgIpc) is 2.45. The van der Waals surface area contributed by atoms with Gasteiger partial charge in [-0.05, 0) is 11.6 Å². The van der Waals surface area contributed by atoms with Crippen molar-refractivity contribution in [2.75, 3.05) is 0 Å². The van der Waals surface area contributed by atoms with Crippen molar-refractivity contribution in [3.8, 4) is 11.1 Å². The van der Waals surface area contributed by atoms with E-state index in [4.69, 9.17) is 0 Å². The topological polar surface area (TPSA) is 78.6 Å². The highest BCUT2D eigenvalue weighted by molar-refractivity contribution is 5.92. The van der Waals surface area contributed by atoms with Gasteiger partial charge in [0.2, 0.25) is 0 Å². The Hall–Kier alpha value is -2.90. The minimum atomic E-state index is -4.70. The van der Waals surface area contributed by atoms with E-state index in [0.29, 0.717) is 5.56 Å². The van der Waals surface area contributed by atoms with E-state index in [9.17, 15) is 22.8 Å². The van der Waals surface area contributed by atoms with Gasteiger partial charge in [-0.15, -0.1) is 0 Å². The van der Waals surface area contributed by atoms with Crippen LogP contribution in [0.3, 0.4) is 0 Å². The molecule has 0 spiro atoms. The van der Waals surface area contributed by atoms with Gasteiger partial charge in [0, 0.05) is 5.56 Å². The molecule has 0 aliphatic heterocycles. The van der Waals surface area contributed by atoms with Crippen LogP contribution in [0.1, 0.15) is 5.69 Å². The number of hydrogen-bond acceptors (Lipinski definition) is 3. The predicted octanol–water partition coefficient (Wildman–Crippen LogP) is 2.30. The summed E-state index contributed by atoms with van der Waals surface area (Å²) >= 11 is 0. The van der Waals surface area contributed by atoms with Crippen LogP contribution in [0.15, 0.2) is 46.0 Å². The molecular weight excluding hydrogens is 299 g/mol. The summed E-state index contributed by atoms with van der Waals surface area (Å²) in [5.74, 6) is 0. The summed E-state index contributed by atoms with van der Waals surface area (Å²) in [6, 6.07) is 8.90. The van der Waals surface area contributed by atoms with Crippen molar-refractivity contribution < 1.29 is 13.2 Å². The minimum Gasteiger partial charge on any atom is -0.291 e. The third-order valence-electron chi connectivity index (χ3n) is 3.08. The molecular formula is C14H8F3N3O2. The van der Waals surface area contributed by atoms with Crippen LogP contribution >= 0.6 is 0 Å². The van der Waals surface area contributed by atoms with E-state index in [1.54, 1.807) is 30.3 Å². The first kappa shape index (κ1) is 14.1. The number of H-pyrrole nitrogens is 2. The number of nitrogens with one attached hydrogen (secondary N) is 2. The third-order valence-corrected chi connectivity index (χ3v) is 3.08. The van der Waals surface area contributed by atoms with Gasteiger partial charge in [-0.2, -0.15) is 13.2 Å². The second kappa shape index (κ2) is 4.83. The first-order valence-electron chi connectivity index (χ1n) is 6.16. The zero-order valence-electron chi connectivity index (χ0n) is 10.9. The fraction of sp³-hybridized carbons (Fsp3) is 0.0714. The molecule has 112 valence electrons. The lowest BCUT2D eigenvalue weighted by Gasteiger charge is -2.11. The smallest absolute Gasteiger partial charge is 0.291 e. The monoisotopic (exact) mass is 307 g/mol. The van der Waals surface area contributed by atoms with Crippen molar-refractivity contribution in [3.05, 3.63) is 62.9 Å². The van der Waals surface area contributed by atoms with Crippen LogP contribution in [0.25, 0.3) is 22.2 Å². The van der Waals surface area contributed by atoms with Crippen LogP contribution in [0.2, 0.25) is 0 Å². The standard InChI is InChI=1S/C14H8F3N3O2/c15-14(16,17)9-6-8(7-4-2-1-3-5-7)10-11(18-9)19-13(22)20-12(10)21/h1-6H,(H2,18,19,20,21,22). The Labute approximate surface area is 120 Å². The molecule has 5 nitrogen and oxygen atoms in total. The highest BCUT2D eigenvalue weighted by Gasteiger charge is 2.34. The molecule has 2 N–H and O–H groups in total. The Morgan fingerprint density at radius 3 is 2.32 bits per heavy atom. The van der Waals surface area contributed by atoms with Crippen molar-refractivity contribution in [2.45, 2.75) is 6.18 Å². The number of aromatic amines is 2. The Kier molecular flexibility index (Phi) is 3.09. The van der Waals surface area contributed by atoms with Gasteiger partial charge in [0.15, 0.2) is 0 Å². The van der Waals surface area contributed by atoms with E-state index in [1.165, 1.54) is 0 Å². The summed E-state index contributed by atoms with van der Waals surface area (Å²) in [6.45, 7) is 0. The molecule has 3 rings (SSSR count). The Bertz CT molecular complexity index is 959. The van der Waals surface area contributed by atoms with Crippen LogP contribution in [0.4, 0.5) is 13.2 Å². The molecule has 0 aliphatic carbocycles. The molecule has 1 aromatic carbocycles. The number of alkyl halides is 3. The molecule has 0 amide bonds. The summed E-state index contributed by atoms with van der Waals surface area (Å²) in [7, 11) is 0. The normalized spacial score (nSPS) is 11.8. The minimum absolute atomic E-state index is 0.0513. The van der Waals surface area contributed by atoms with Crippen molar-refractivity contribution in [1.29, 1.82) is 0 Å². The highest BCUT2D eigenvalue weighted by Crippen LogP contribution is 2.33. The second-order valence-electron chi connectivity index (χ2n) is 4.55. The zero-order chi connectivity index (χ0) is 15.9. The van der Waals surface area contributed by atoms with E-state index in [1.807, 2.05) is 4.98 Å². The first-order valence-corrected chi connectivity index (χ1v) is 6.16. The van der Waals surface area contributed by atoms with E-state index in [2.05, 4.69) is 9.97 Å². The summed E-state index contributed by atoms with van der Waals surface area (Å²) < 4.78 is 38.9. The zero-order valence-corrected chi connectivity index (χ0v) is 10.9. The number of aromatic nitrogens is 3. The van der Waals surface area contributed by atoms with Crippen molar-refractivity contribution >= 4 is 11.0 Å². The number of benzene rings is 1. The van der Waals surface area contributed by atoms with E-state index in [-0.39, 0.29) is 10.9 Å². The summed E-state index contributed by atoms with van der Waals surface area (Å²) in [5, 5.41) is -0.0983. The van der Waals surface area contributed by atoms with Crippen LogP contribution < -0.4 is 11.2 Å². The SMILES string of the molecule is O=c1[nH]c(=O)c2c(-c3ccccc3)cc(C(F)(F)F)nc2[nH]1. The lowest BCUT2D eigenvalue weighted by molar-refractivity contribution is -0.140. The average molecular weight is 307 g/mol. The Morgan fingerprint density at radius 1 is 1.00 bits per heavy atom. The number of halogens is 3. The molecule has 0 saturated carbocycles. The van der Waals surface area contributed by atoms with E-state index in [0.717, 1.165) is 6.07 Å². The molecule has 0 atom stereocenters. The summed E-state index contributed by atoms with van der Waals surface area (Å²) in [6.07, 6.45) is -4.70. The van der Waals surface area contributed by atoms with Gasteiger partial charge in [0.1, 0.15) is 11.3 Å². The van der Waals surface area contributed by atoms with Crippen molar-refractivity contribution in [3.63, 3.8) is 0 Å². The van der Waals surface area contributed by atoms with Crippen LogP contribution in [0, 0.1) is 0 Å². The van der Waals surface area contributed by atoms with Gasteiger partial charge in [-0.1, -0.05) is 30.3 Å². The maximum Gasteiger partial charge on any atom is 0.433 e. The number of pyridine rings is 1. The molecule has 0 unspecified atom stereocenters. The molecule has 0 saturated heterocycles. The number of nitrogens with zero attached hydrogens (tertiary/aromatic N) is 1. The Morgan fingerprint density at radius 2 is 1.68 bits per heavy atom. The summed E-state index contributed by atoms with van der Waals surface area (Å²) in [4.78, 5) is 30.7. The van der Waals surface area contributed by atoms with Crippen molar-refractivity contribution in [1.82, 2.24) is 15.0 Å². The molecule has 2 heterocycles. The lowest BCUT2D eigenvalue weighted by Crippen LogP contribution is -2.24. The van der Waals surface area contributed by atoms with Gasteiger partial charge in [-0.3, -0.25) is 14.8 Å². The highest BCUT2D eigenvalue weighted by atomic mass is 19.4. The van der Waals surface area contributed by atoms with Gasteiger partial charge >= 0.3 is 11.9 Å². The van der Waals surface area contributed by atoms with Gasteiger partial charge in [0.05, 0.1) is 5.39 Å². The fourth-order valence-electron chi connectivity index (χ4n) is 2.16. The molecule has 3 aromatic rings.